The minimum atomic E-state index is -0.297. The predicted molar refractivity (Wildman–Crippen MR) is 116 cm³/mol. The number of Topliss-reactive ketones (excluding diaryl/α,β-unsaturated/α-hetero) is 1. The van der Waals surface area contributed by atoms with Crippen LogP contribution in [0.2, 0.25) is 0 Å². The van der Waals surface area contributed by atoms with Crippen LogP contribution in [0.25, 0.3) is 0 Å². The minimum Gasteiger partial charge on any atom is -0.494 e. The zero-order valence-corrected chi connectivity index (χ0v) is 17.9. The number of unbranched alkanes of at least 4 members (excludes halogenated alkanes) is 2. The summed E-state index contributed by atoms with van der Waals surface area (Å²) >= 11 is 1.68. The van der Waals surface area contributed by atoms with Crippen molar-refractivity contribution in [1.29, 1.82) is 0 Å². The van der Waals surface area contributed by atoms with E-state index < -0.39 is 0 Å². The third kappa shape index (κ3) is 4.06. The van der Waals surface area contributed by atoms with E-state index in [2.05, 4.69) is 12.2 Å². The lowest BCUT2D eigenvalue weighted by molar-refractivity contribution is -0.116. The Morgan fingerprint density at radius 2 is 2.10 bits per heavy atom. The van der Waals surface area contributed by atoms with Gasteiger partial charge in [0.15, 0.2) is 5.78 Å². The molecule has 2 heterocycles. The number of carbonyl (C=O) groups is 1. The Morgan fingerprint density at radius 3 is 2.93 bits per heavy atom. The van der Waals surface area contributed by atoms with Crippen LogP contribution in [0.3, 0.4) is 0 Å². The van der Waals surface area contributed by atoms with Crippen molar-refractivity contribution in [2.24, 2.45) is 0 Å². The molecular formula is C22H28N4O2S. The van der Waals surface area contributed by atoms with Gasteiger partial charge in [-0.15, -0.1) is 5.10 Å². The molecule has 6 nitrogen and oxygen atoms in total. The molecule has 1 aromatic carbocycles. The zero-order chi connectivity index (χ0) is 20.2. The quantitative estimate of drug-likeness (QED) is 0.487. The minimum absolute atomic E-state index is 0.188. The summed E-state index contributed by atoms with van der Waals surface area (Å²) in [5.41, 5.74) is 2.76. The first-order valence-corrected chi connectivity index (χ1v) is 11.6. The fraction of sp³-hybridized carbons (Fsp3) is 0.500. The van der Waals surface area contributed by atoms with E-state index in [9.17, 15) is 4.79 Å². The molecule has 1 aliphatic carbocycles. The van der Waals surface area contributed by atoms with E-state index in [1.165, 1.54) is 12.8 Å². The Balaban J connectivity index is 1.74. The van der Waals surface area contributed by atoms with Crippen LogP contribution in [0.15, 0.2) is 40.7 Å². The number of allylic oxidation sites excluding steroid dienone is 2. The number of hydrogen-bond acceptors (Lipinski definition) is 6. The van der Waals surface area contributed by atoms with Gasteiger partial charge in [-0.1, -0.05) is 49.7 Å². The van der Waals surface area contributed by atoms with Gasteiger partial charge in [0.25, 0.3) is 0 Å². The molecule has 1 atom stereocenters. The van der Waals surface area contributed by atoms with Crippen LogP contribution in [-0.4, -0.2) is 32.9 Å². The van der Waals surface area contributed by atoms with Crippen molar-refractivity contribution in [1.82, 2.24) is 14.8 Å². The number of aromatic nitrogens is 3. The Labute approximate surface area is 176 Å². The molecule has 1 N–H and O–H groups in total. The number of benzene rings is 1. The Kier molecular flexibility index (Phi) is 6.23. The molecule has 154 valence electrons. The Bertz CT molecular complexity index is 921. The molecule has 0 amide bonds. The predicted octanol–water partition coefficient (Wildman–Crippen LogP) is 4.98. The van der Waals surface area contributed by atoms with E-state index in [-0.39, 0.29) is 11.8 Å². The summed E-state index contributed by atoms with van der Waals surface area (Å²) in [5.74, 6) is 2.70. The second-order valence-corrected chi connectivity index (χ2v) is 8.45. The topological polar surface area (TPSA) is 69.0 Å². The number of hydrogen-bond donors (Lipinski definition) is 1. The molecule has 1 unspecified atom stereocenters. The molecule has 7 heteroatoms. The first kappa shape index (κ1) is 20.0. The normalized spacial score (nSPS) is 18.3. The van der Waals surface area contributed by atoms with Crippen LogP contribution >= 0.6 is 11.8 Å². The molecule has 0 bridgehead atoms. The molecule has 0 radical (unpaired) electrons. The molecular weight excluding hydrogens is 384 g/mol. The zero-order valence-electron chi connectivity index (χ0n) is 17.1. The van der Waals surface area contributed by atoms with Gasteiger partial charge < -0.3 is 10.1 Å². The van der Waals surface area contributed by atoms with E-state index in [0.717, 1.165) is 52.8 Å². The second-order valence-electron chi connectivity index (χ2n) is 7.39. The lowest BCUT2D eigenvalue weighted by atomic mass is 9.85. The van der Waals surface area contributed by atoms with Crippen molar-refractivity contribution in [2.75, 3.05) is 17.7 Å². The fourth-order valence-corrected chi connectivity index (χ4v) is 4.82. The molecule has 0 fully saturated rings. The van der Waals surface area contributed by atoms with Crippen molar-refractivity contribution in [3.63, 3.8) is 0 Å². The summed E-state index contributed by atoms with van der Waals surface area (Å²) in [7, 11) is 0. The van der Waals surface area contributed by atoms with Crippen LogP contribution in [0.5, 0.6) is 5.75 Å². The highest BCUT2D eigenvalue weighted by atomic mass is 32.2. The van der Waals surface area contributed by atoms with Gasteiger partial charge in [0, 0.05) is 29.0 Å². The highest BCUT2D eigenvalue weighted by molar-refractivity contribution is 7.99. The Morgan fingerprint density at radius 1 is 1.24 bits per heavy atom. The molecule has 2 aliphatic rings. The number of nitrogens with zero attached hydrogens (tertiary/aromatic N) is 3. The van der Waals surface area contributed by atoms with Crippen LogP contribution in [-0.2, 0) is 4.79 Å². The highest BCUT2D eigenvalue weighted by Crippen LogP contribution is 2.43. The van der Waals surface area contributed by atoms with Crippen molar-refractivity contribution >= 4 is 23.5 Å². The maximum absolute atomic E-state index is 12.9. The largest absolute Gasteiger partial charge is 0.494 e. The monoisotopic (exact) mass is 412 g/mol. The van der Waals surface area contributed by atoms with Gasteiger partial charge in [0.2, 0.25) is 11.1 Å². The molecule has 29 heavy (non-hydrogen) atoms. The molecule has 4 rings (SSSR count). The number of carbonyl (C=O) groups excluding carboxylic acids is 1. The molecule has 0 saturated heterocycles. The second kappa shape index (κ2) is 9.03. The van der Waals surface area contributed by atoms with Gasteiger partial charge in [-0.3, -0.25) is 4.79 Å². The third-order valence-electron chi connectivity index (χ3n) is 5.34. The first-order chi connectivity index (χ1) is 14.2. The van der Waals surface area contributed by atoms with Crippen LogP contribution in [0.4, 0.5) is 5.95 Å². The highest BCUT2D eigenvalue weighted by Gasteiger charge is 2.38. The lowest BCUT2D eigenvalue weighted by Gasteiger charge is -2.32. The third-order valence-corrected chi connectivity index (χ3v) is 6.27. The van der Waals surface area contributed by atoms with E-state index in [1.54, 1.807) is 11.8 Å². The van der Waals surface area contributed by atoms with Crippen LogP contribution < -0.4 is 10.1 Å². The number of para-hydroxylation sites is 1. The van der Waals surface area contributed by atoms with Crippen molar-refractivity contribution in [2.45, 2.75) is 63.6 Å². The fourth-order valence-electron chi connectivity index (χ4n) is 3.99. The maximum atomic E-state index is 12.9. The van der Waals surface area contributed by atoms with Crippen LogP contribution in [0, 0.1) is 0 Å². The number of thioether (sulfide) groups is 1. The van der Waals surface area contributed by atoms with Crippen molar-refractivity contribution in [3.05, 3.63) is 41.1 Å². The van der Waals surface area contributed by atoms with Gasteiger partial charge in [-0.05, 0) is 32.3 Å². The number of rotatable bonds is 8. The molecule has 1 aromatic heterocycles. The van der Waals surface area contributed by atoms with E-state index in [0.29, 0.717) is 19.0 Å². The number of fused-ring (bicyclic) bond motifs is 1. The summed E-state index contributed by atoms with van der Waals surface area (Å²) in [4.78, 5) is 17.7. The standard InChI is InChI=1S/C22H28N4O2S/c1-3-5-8-14-29-22-24-21-23-16-11-9-12-17(27)19(16)20(26(21)25-22)15-10-6-7-13-18(15)28-4-2/h6-7,10,13,20H,3-5,8-9,11-12,14H2,1-2H3,(H,23,24,25). The van der Waals surface area contributed by atoms with E-state index in [1.807, 2.05) is 35.9 Å². The Hall–Kier alpha value is -2.28. The number of nitrogens with one attached hydrogen (secondary N) is 1. The summed E-state index contributed by atoms with van der Waals surface area (Å²) in [6, 6.07) is 7.66. The molecule has 0 spiro atoms. The van der Waals surface area contributed by atoms with Crippen molar-refractivity contribution in [3.8, 4) is 5.75 Å². The molecule has 2 aromatic rings. The number of ketones is 1. The van der Waals surface area contributed by atoms with Gasteiger partial charge in [-0.25, -0.2) is 4.68 Å². The summed E-state index contributed by atoms with van der Waals surface area (Å²) in [6.45, 7) is 4.75. The average molecular weight is 413 g/mol. The van der Waals surface area contributed by atoms with E-state index >= 15 is 0 Å². The lowest BCUT2D eigenvalue weighted by Crippen LogP contribution is -2.31. The number of anilines is 1. The average Bonchev–Trinajstić information content (AvgIpc) is 3.13. The molecule has 1 aliphatic heterocycles. The van der Waals surface area contributed by atoms with E-state index in [4.69, 9.17) is 14.8 Å². The van der Waals surface area contributed by atoms with Crippen molar-refractivity contribution < 1.29 is 9.53 Å². The maximum Gasteiger partial charge on any atom is 0.227 e. The van der Waals surface area contributed by atoms with Gasteiger partial charge >= 0.3 is 0 Å². The molecule has 0 saturated carbocycles. The van der Waals surface area contributed by atoms with Gasteiger partial charge in [0.05, 0.1) is 6.61 Å². The SMILES string of the molecule is CCCCCSc1nc2n(n1)C(c1ccccc1OCC)C1=C(CCCC1=O)N2. The summed E-state index contributed by atoms with van der Waals surface area (Å²) < 4.78 is 7.77. The number of ether oxygens (including phenoxy) is 1. The summed E-state index contributed by atoms with van der Waals surface area (Å²) in [5, 5.41) is 8.95. The van der Waals surface area contributed by atoms with Crippen LogP contribution in [0.1, 0.15) is 64.0 Å². The first-order valence-electron chi connectivity index (χ1n) is 10.6. The smallest absolute Gasteiger partial charge is 0.227 e. The van der Waals surface area contributed by atoms with Gasteiger partial charge in [0.1, 0.15) is 11.8 Å². The summed E-state index contributed by atoms with van der Waals surface area (Å²) in [6.07, 6.45) is 5.88. The van der Waals surface area contributed by atoms with Gasteiger partial charge in [-0.2, -0.15) is 4.98 Å².